The van der Waals surface area contributed by atoms with E-state index in [1.54, 1.807) is 0 Å². The van der Waals surface area contributed by atoms with Gasteiger partial charge in [0.15, 0.2) is 0 Å². The molecule has 0 fully saturated rings. The first-order valence-electron chi connectivity index (χ1n) is 6.85. The van der Waals surface area contributed by atoms with Crippen molar-refractivity contribution in [3.63, 3.8) is 0 Å². The lowest BCUT2D eigenvalue weighted by atomic mass is 10.2. The topological polar surface area (TPSA) is 102 Å². The van der Waals surface area contributed by atoms with E-state index in [1.807, 2.05) is 6.92 Å². The summed E-state index contributed by atoms with van der Waals surface area (Å²) < 4.78 is 30.8. The van der Waals surface area contributed by atoms with Crippen LogP contribution in [0.5, 0.6) is 0 Å². The van der Waals surface area contributed by atoms with Crippen LogP contribution in [-0.4, -0.2) is 40.5 Å². The SMILES string of the molecule is CCCCNS(=O)(=O)c1ccc(C(=O)NCC(=O)OC)cc1. The number of methoxy groups -OCH3 is 1. The molecule has 0 radical (unpaired) electrons. The summed E-state index contributed by atoms with van der Waals surface area (Å²) in [6, 6.07) is 5.48. The number of esters is 1. The second-order valence-electron chi connectivity index (χ2n) is 4.53. The van der Waals surface area contributed by atoms with Crippen molar-refractivity contribution in [1.82, 2.24) is 10.0 Å². The lowest BCUT2D eigenvalue weighted by Gasteiger charge is -2.07. The first-order chi connectivity index (χ1) is 10.4. The zero-order valence-electron chi connectivity index (χ0n) is 12.6. The van der Waals surface area contributed by atoms with E-state index in [9.17, 15) is 18.0 Å². The van der Waals surface area contributed by atoms with Crippen LogP contribution in [0.1, 0.15) is 30.1 Å². The van der Waals surface area contributed by atoms with Crippen LogP contribution in [0.25, 0.3) is 0 Å². The largest absolute Gasteiger partial charge is 0.468 e. The molecule has 1 rings (SSSR count). The minimum Gasteiger partial charge on any atom is -0.468 e. The van der Waals surface area contributed by atoms with Gasteiger partial charge in [-0.1, -0.05) is 13.3 Å². The van der Waals surface area contributed by atoms with Crippen LogP contribution in [0.3, 0.4) is 0 Å². The molecule has 1 aromatic rings. The van der Waals surface area contributed by atoms with Crippen molar-refractivity contribution < 1.29 is 22.7 Å². The van der Waals surface area contributed by atoms with E-state index >= 15 is 0 Å². The average molecular weight is 328 g/mol. The van der Waals surface area contributed by atoms with E-state index in [1.165, 1.54) is 31.4 Å². The molecular formula is C14H20N2O5S. The molecule has 8 heteroatoms. The van der Waals surface area contributed by atoms with Gasteiger partial charge in [0.1, 0.15) is 6.54 Å². The number of nitrogens with one attached hydrogen (secondary N) is 2. The Kier molecular flexibility index (Phi) is 7.00. The molecule has 0 bridgehead atoms. The third-order valence-corrected chi connectivity index (χ3v) is 4.35. The summed E-state index contributed by atoms with van der Waals surface area (Å²) in [4.78, 5) is 22.8. The number of unbranched alkanes of at least 4 members (excludes halogenated alkanes) is 1. The molecule has 0 unspecified atom stereocenters. The molecule has 122 valence electrons. The van der Waals surface area contributed by atoms with Gasteiger partial charge in [-0.05, 0) is 30.7 Å². The van der Waals surface area contributed by atoms with Crippen molar-refractivity contribution >= 4 is 21.9 Å². The second-order valence-corrected chi connectivity index (χ2v) is 6.30. The van der Waals surface area contributed by atoms with Crippen molar-refractivity contribution in [3.05, 3.63) is 29.8 Å². The number of hydrogen-bond acceptors (Lipinski definition) is 5. The molecule has 0 heterocycles. The Bertz CT molecular complexity index is 611. The van der Waals surface area contributed by atoms with Crippen LogP contribution < -0.4 is 10.0 Å². The van der Waals surface area contributed by atoms with E-state index in [2.05, 4.69) is 14.8 Å². The van der Waals surface area contributed by atoms with Crippen molar-refractivity contribution in [2.75, 3.05) is 20.2 Å². The highest BCUT2D eigenvalue weighted by molar-refractivity contribution is 7.89. The molecule has 2 N–H and O–H groups in total. The number of hydrogen-bond donors (Lipinski definition) is 2. The average Bonchev–Trinajstić information content (AvgIpc) is 2.52. The van der Waals surface area contributed by atoms with E-state index in [0.29, 0.717) is 6.54 Å². The lowest BCUT2D eigenvalue weighted by molar-refractivity contribution is -0.139. The minimum atomic E-state index is -3.56. The molecule has 1 aromatic carbocycles. The summed E-state index contributed by atoms with van der Waals surface area (Å²) >= 11 is 0. The molecule has 1 amide bonds. The number of carbonyl (C=O) groups is 2. The summed E-state index contributed by atoms with van der Waals surface area (Å²) in [6.07, 6.45) is 1.65. The van der Waals surface area contributed by atoms with Gasteiger partial charge in [-0.3, -0.25) is 9.59 Å². The van der Waals surface area contributed by atoms with Gasteiger partial charge < -0.3 is 10.1 Å². The summed E-state index contributed by atoms with van der Waals surface area (Å²) in [6.45, 7) is 2.10. The van der Waals surface area contributed by atoms with Crippen molar-refractivity contribution in [3.8, 4) is 0 Å². The molecular weight excluding hydrogens is 308 g/mol. The highest BCUT2D eigenvalue weighted by Gasteiger charge is 2.14. The predicted octanol–water partition coefficient (Wildman–Crippen LogP) is 0.668. The van der Waals surface area contributed by atoms with Gasteiger partial charge in [0.2, 0.25) is 10.0 Å². The summed E-state index contributed by atoms with van der Waals surface area (Å²) in [5.41, 5.74) is 0.261. The molecule has 0 spiro atoms. The van der Waals surface area contributed by atoms with Gasteiger partial charge in [0.05, 0.1) is 12.0 Å². The molecule has 0 atom stereocenters. The van der Waals surface area contributed by atoms with E-state index < -0.39 is 21.9 Å². The Balaban J connectivity index is 2.69. The highest BCUT2D eigenvalue weighted by Crippen LogP contribution is 2.10. The molecule has 0 aliphatic heterocycles. The number of rotatable bonds is 8. The summed E-state index contributed by atoms with van der Waals surface area (Å²) in [5, 5.41) is 2.37. The first-order valence-corrected chi connectivity index (χ1v) is 8.33. The number of sulfonamides is 1. The normalized spacial score (nSPS) is 11.0. The minimum absolute atomic E-state index is 0.0909. The Labute approximate surface area is 130 Å². The number of ether oxygens (including phenoxy) is 1. The van der Waals surface area contributed by atoms with Crippen LogP contribution in [0.15, 0.2) is 29.2 Å². The molecule has 0 aliphatic carbocycles. The summed E-state index contributed by atoms with van der Waals surface area (Å²) in [7, 11) is -2.34. The van der Waals surface area contributed by atoms with E-state index in [0.717, 1.165) is 12.8 Å². The third-order valence-electron chi connectivity index (χ3n) is 2.87. The number of amides is 1. The molecule has 7 nitrogen and oxygen atoms in total. The fourth-order valence-electron chi connectivity index (χ4n) is 1.58. The molecule has 0 saturated carbocycles. The maximum Gasteiger partial charge on any atom is 0.325 e. The molecule has 0 aromatic heterocycles. The Morgan fingerprint density at radius 1 is 1.18 bits per heavy atom. The van der Waals surface area contributed by atoms with E-state index in [-0.39, 0.29) is 17.0 Å². The van der Waals surface area contributed by atoms with Crippen LogP contribution in [-0.2, 0) is 19.6 Å². The van der Waals surface area contributed by atoms with E-state index in [4.69, 9.17) is 0 Å². The zero-order valence-corrected chi connectivity index (χ0v) is 13.4. The smallest absolute Gasteiger partial charge is 0.325 e. The second kappa shape index (κ2) is 8.50. The molecule has 0 saturated heterocycles. The highest BCUT2D eigenvalue weighted by atomic mass is 32.2. The van der Waals surface area contributed by atoms with Gasteiger partial charge >= 0.3 is 5.97 Å². The van der Waals surface area contributed by atoms with Crippen molar-refractivity contribution in [2.24, 2.45) is 0 Å². The fourth-order valence-corrected chi connectivity index (χ4v) is 2.65. The third kappa shape index (κ3) is 5.45. The predicted molar refractivity (Wildman–Crippen MR) is 80.9 cm³/mol. The van der Waals surface area contributed by atoms with Crippen molar-refractivity contribution in [1.29, 1.82) is 0 Å². The maximum atomic E-state index is 12.0. The van der Waals surface area contributed by atoms with Gasteiger partial charge in [-0.25, -0.2) is 13.1 Å². The molecule has 0 aliphatic rings. The maximum absolute atomic E-state index is 12.0. The van der Waals surface area contributed by atoms with Crippen LogP contribution in [0.2, 0.25) is 0 Å². The monoisotopic (exact) mass is 328 g/mol. The number of carbonyl (C=O) groups excluding carboxylic acids is 2. The Hall–Kier alpha value is -1.93. The quantitative estimate of drug-likeness (QED) is 0.539. The van der Waals surface area contributed by atoms with Gasteiger partial charge in [-0.2, -0.15) is 0 Å². The zero-order chi connectivity index (χ0) is 16.6. The Morgan fingerprint density at radius 2 is 1.82 bits per heavy atom. The van der Waals surface area contributed by atoms with Crippen LogP contribution in [0.4, 0.5) is 0 Å². The van der Waals surface area contributed by atoms with Crippen LogP contribution >= 0.6 is 0 Å². The fraction of sp³-hybridized carbons (Fsp3) is 0.429. The Morgan fingerprint density at radius 3 is 2.36 bits per heavy atom. The summed E-state index contributed by atoms with van der Waals surface area (Å²) in [5.74, 6) is -1.04. The standard InChI is InChI=1S/C14H20N2O5S/c1-3-4-9-16-22(19,20)12-7-5-11(6-8-12)14(18)15-10-13(17)21-2/h5-8,16H,3-4,9-10H2,1-2H3,(H,15,18). The van der Waals surface area contributed by atoms with Crippen molar-refractivity contribution in [2.45, 2.75) is 24.7 Å². The first kappa shape index (κ1) is 18.1. The van der Waals surface area contributed by atoms with Gasteiger partial charge in [0.25, 0.3) is 5.91 Å². The lowest BCUT2D eigenvalue weighted by Crippen LogP contribution is -2.30. The number of benzene rings is 1. The van der Waals surface area contributed by atoms with Gasteiger partial charge in [-0.15, -0.1) is 0 Å². The van der Waals surface area contributed by atoms with Gasteiger partial charge in [0, 0.05) is 12.1 Å². The van der Waals surface area contributed by atoms with Crippen LogP contribution in [0, 0.1) is 0 Å². The molecule has 22 heavy (non-hydrogen) atoms.